The minimum atomic E-state index is -3.92. The molecule has 0 aromatic heterocycles. The van der Waals surface area contributed by atoms with E-state index in [4.69, 9.17) is 8.92 Å². The summed E-state index contributed by atoms with van der Waals surface area (Å²) in [6.07, 6.45) is -0.210. The maximum Gasteiger partial charge on any atom is 0.319 e. The third-order valence-corrected chi connectivity index (χ3v) is 4.53. The summed E-state index contributed by atoms with van der Waals surface area (Å²) in [6.45, 7) is 7.70. The normalized spacial score (nSPS) is 12.7. The number of benzene rings is 1. The molecule has 134 valence electrons. The highest BCUT2D eigenvalue weighted by Gasteiger charge is 2.39. The fraction of sp³-hybridized carbons (Fsp3) is 0.529. The number of carbonyl (C=O) groups is 2. The number of hydrogen-bond donors (Lipinski definition) is 0. The largest absolute Gasteiger partial charge is 0.459 e. The summed E-state index contributed by atoms with van der Waals surface area (Å²) in [6, 6.07) is 7.65. The first kappa shape index (κ1) is 20.3. The number of hydrogen-bond acceptors (Lipinski definition) is 6. The van der Waals surface area contributed by atoms with Crippen molar-refractivity contribution in [3.63, 3.8) is 0 Å². The van der Waals surface area contributed by atoms with Crippen LogP contribution in [0.1, 0.15) is 41.0 Å². The molecule has 0 aliphatic heterocycles. The zero-order valence-corrected chi connectivity index (χ0v) is 15.5. The van der Waals surface area contributed by atoms with E-state index in [1.807, 2.05) is 0 Å². The summed E-state index contributed by atoms with van der Waals surface area (Å²) in [7, 11) is -3.92. The quantitative estimate of drug-likeness (QED) is 0.424. The Morgan fingerprint density at radius 2 is 1.54 bits per heavy atom. The van der Waals surface area contributed by atoms with Gasteiger partial charge in [-0.2, -0.15) is 8.42 Å². The molecule has 0 saturated heterocycles. The molecule has 0 bridgehead atoms. The molecule has 0 amide bonds. The zero-order chi connectivity index (χ0) is 18.6. The van der Waals surface area contributed by atoms with Crippen molar-refractivity contribution < 1.29 is 26.9 Å². The number of esters is 1. The highest BCUT2D eigenvalue weighted by molar-refractivity contribution is 7.86. The van der Waals surface area contributed by atoms with Gasteiger partial charge in [-0.15, -0.1) is 0 Å². The second-order valence-corrected chi connectivity index (χ2v) is 8.50. The van der Waals surface area contributed by atoms with Crippen LogP contribution in [0.2, 0.25) is 0 Å². The standard InChI is InChI=1S/C17H24O6S/c1-16(2,3)23-15(19)17(4,5)14(18)11-12-22-24(20,21)13-9-7-6-8-10-13/h6-10H,11-12H2,1-5H3. The van der Waals surface area contributed by atoms with Gasteiger partial charge in [0.05, 0.1) is 11.5 Å². The summed E-state index contributed by atoms with van der Waals surface area (Å²) in [5.41, 5.74) is -2.07. The lowest BCUT2D eigenvalue weighted by Crippen LogP contribution is -2.39. The average molecular weight is 356 g/mol. The summed E-state index contributed by atoms with van der Waals surface area (Å²) in [4.78, 5) is 24.4. The van der Waals surface area contributed by atoms with Gasteiger partial charge in [0.15, 0.2) is 5.78 Å². The van der Waals surface area contributed by atoms with E-state index in [0.29, 0.717) is 0 Å². The first-order valence-electron chi connectivity index (χ1n) is 7.57. The van der Waals surface area contributed by atoms with Gasteiger partial charge in [-0.1, -0.05) is 18.2 Å². The van der Waals surface area contributed by atoms with Crippen LogP contribution in [0, 0.1) is 5.41 Å². The molecule has 1 aromatic carbocycles. The Balaban J connectivity index is 2.64. The smallest absolute Gasteiger partial charge is 0.319 e. The lowest BCUT2D eigenvalue weighted by molar-refractivity contribution is -0.168. The molecule has 0 heterocycles. The van der Waals surface area contributed by atoms with E-state index < -0.39 is 32.9 Å². The van der Waals surface area contributed by atoms with Gasteiger partial charge in [0.2, 0.25) is 0 Å². The molecule has 24 heavy (non-hydrogen) atoms. The topological polar surface area (TPSA) is 86.7 Å². The van der Waals surface area contributed by atoms with Crippen molar-refractivity contribution in [1.29, 1.82) is 0 Å². The molecule has 0 aliphatic rings. The molecule has 6 nitrogen and oxygen atoms in total. The van der Waals surface area contributed by atoms with E-state index in [1.54, 1.807) is 39.0 Å². The first-order chi connectivity index (χ1) is 10.9. The van der Waals surface area contributed by atoms with E-state index in [9.17, 15) is 18.0 Å². The van der Waals surface area contributed by atoms with Crippen LogP contribution in [0.3, 0.4) is 0 Å². The van der Waals surface area contributed by atoms with Crippen molar-refractivity contribution in [3.8, 4) is 0 Å². The van der Waals surface area contributed by atoms with Crippen LogP contribution in [-0.4, -0.2) is 32.4 Å². The first-order valence-corrected chi connectivity index (χ1v) is 8.98. The third kappa shape index (κ3) is 5.72. The van der Waals surface area contributed by atoms with Crippen molar-refractivity contribution in [1.82, 2.24) is 0 Å². The van der Waals surface area contributed by atoms with Gasteiger partial charge in [-0.25, -0.2) is 0 Å². The van der Waals surface area contributed by atoms with Crippen LogP contribution in [0.4, 0.5) is 0 Å². The van der Waals surface area contributed by atoms with E-state index in [0.717, 1.165) is 0 Å². The fourth-order valence-corrected chi connectivity index (χ4v) is 2.66. The molecule has 0 aliphatic carbocycles. The van der Waals surface area contributed by atoms with Gasteiger partial charge in [-0.3, -0.25) is 13.8 Å². The second kappa shape index (κ2) is 7.44. The van der Waals surface area contributed by atoms with Crippen molar-refractivity contribution in [2.24, 2.45) is 5.41 Å². The van der Waals surface area contributed by atoms with Crippen molar-refractivity contribution in [2.45, 2.75) is 51.5 Å². The van der Waals surface area contributed by atoms with Crippen LogP contribution in [0.25, 0.3) is 0 Å². The number of ketones is 1. The fourth-order valence-electron chi connectivity index (χ4n) is 1.73. The molecule has 0 N–H and O–H groups in total. The van der Waals surface area contributed by atoms with Gasteiger partial charge in [0.1, 0.15) is 11.0 Å². The Hall–Kier alpha value is -1.73. The van der Waals surface area contributed by atoms with E-state index in [-0.39, 0.29) is 17.9 Å². The lowest BCUT2D eigenvalue weighted by Gasteiger charge is -2.27. The van der Waals surface area contributed by atoms with Gasteiger partial charge < -0.3 is 4.74 Å². The van der Waals surface area contributed by atoms with Crippen LogP contribution >= 0.6 is 0 Å². The van der Waals surface area contributed by atoms with Crippen LogP contribution < -0.4 is 0 Å². The summed E-state index contributed by atoms with van der Waals surface area (Å²) in [5.74, 6) is -1.09. The number of carbonyl (C=O) groups excluding carboxylic acids is 2. The molecule has 0 atom stereocenters. The Kier molecular flexibility index (Phi) is 6.30. The van der Waals surface area contributed by atoms with Gasteiger partial charge in [-0.05, 0) is 46.8 Å². The summed E-state index contributed by atoms with van der Waals surface area (Å²) in [5, 5.41) is 0. The van der Waals surface area contributed by atoms with E-state index >= 15 is 0 Å². The SMILES string of the molecule is CC(C)(C)OC(=O)C(C)(C)C(=O)CCOS(=O)(=O)c1ccccc1. The van der Waals surface area contributed by atoms with Gasteiger partial charge in [0, 0.05) is 6.42 Å². The van der Waals surface area contributed by atoms with Gasteiger partial charge in [0.25, 0.3) is 10.1 Å². The molecule has 7 heteroatoms. The number of Topliss-reactive ketones (excluding diaryl/α,β-unsaturated/α-hetero) is 1. The third-order valence-electron chi connectivity index (χ3n) is 3.21. The summed E-state index contributed by atoms with van der Waals surface area (Å²) < 4.78 is 34.0. The maximum atomic E-state index is 12.2. The molecule has 1 rings (SSSR count). The molecular formula is C17H24O6S. The molecular weight excluding hydrogens is 332 g/mol. The number of ether oxygens (including phenoxy) is 1. The van der Waals surface area contributed by atoms with Crippen molar-refractivity contribution in [3.05, 3.63) is 30.3 Å². The van der Waals surface area contributed by atoms with E-state index in [2.05, 4.69) is 0 Å². The maximum absolute atomic E-state index is 12.2. The highest BCUT2D eigenvalue weighted by atomic mass is 32.2. The predicted molar refractivity (Wildman–Crippen MR) is 88.8 cm³/mol. The molecule has 0 fully saturated rings. The molecule has 0 spiro atoms. The van der Waals surface area contributed by atoms with Crippen molar-refractivity contribution in [2.75, 3.05) is 6.61 Å². The second-order valence-electron chi connectivity index (χ2n) is 6.89. The van der Waals surface area contributed by atoms with Gasteiger partial charge >= 0.3 is 5.97 Å². The molecule has 1 aromatic rings. The average Bonchev–Trinajstić information content (AvgIpc) is 2.46. The van der Waals surface area contributed by atoms with Crippen LogP contribution in [0.5, 0.6) is 0 Å². The Morgan fingerprint density at radius 3 is 2.04 bits per heavy atom. The molecule has 0 unspecified atom stereocenters. The molecule has 0 saturated carbocycles. The Bertz CT molecular complexity index is 684. The Morgan fingerprint density at radius 1 is 1.00 bits per heavy atom. The minimum Gasteiger partial charge on any atom is -0.459 e. The summed E-state index contributed by atoms with van der Waals surface area (Å²) >= 11 is 0. The monoisotopic (exact) mass is 356 g/mol. The van der Waals surface area contributed by atoms with Crippen LogP contribution in [0.15, 0.2) is 35.2 Å². The lowest BCUT2D eigenvalue weighted by atomic mass is 9.86. The van der Waals surface area contributed by atoms with E-state index in [1.165, 1.54) is 26.0 Å². The highest BCUT2D eigenvalue weighted by Crippen LogP contribution is 2.24. The Labute approximate surface area is 143 Å². The predicted octanol–water partition coefficient (Wildman–Crippen LogP) is 2.72. The van der Waals surface area contributed by atoms with Crippen molar-refractivity contribution >= 4 is 21.9 Å². The molecule has 0 radical (unpaired) electrons. The zero-order valence-electron chi connectivity index (χ0n) is 14.7. The van der Waals surface area contributed by atoms with Crippen LogP contribution in [-0.2, 0) is 28.6 Å². The minimum absolute atomic E-state index is 0.0175. The number of rotatable bonds is 7.